The monoisotopic (exact) mass is 240 g/mol. The molecule has 0 radical (unpaired) electrons. The molecular formula is C12H20N2O3. The van der Waals surface area contributed by atoms with Crippen molar-refractivity contribution in [3.05, 3.63) is 0 Å². The first-order valence-corrected chi connectivity index (χ1v) is 5.62. The molecule has 0 aliphatic heterocycles. The lowest BCUT2D eigenvalue weighted by atomic mass is 9.94. The van der Waals surface area contributed by atoms with Gasteiger partial charge in [-0.3, -0.25) is 4.79 Å². The van der Waals surface area contributed by atoms with Gasteiger partial charge in [0.1, 0.15) is 0 Å². The average molecular weight is 240 g/mol. The SMILES string of the molecule is C#CCNC(=O)NC[C@H](CC(=O)O)CC(C)C. The number of terminal acetylenes is 1. The predicted molar refractivity (Wildman–Crippen MR) is 65.4 cm³/mol. The second-order valence-electron chi connectivity index (χ2n) is 4.36. The van der Waals surface area contributed by atoms with Crippen LogP contribution in [-0.4, -0.2) is 30.2 Å². The van der Waals surface area contributed by atoms with Gasteiger partial charge in [-0.05, 0) is 18.3 Å². The lowest BCUT2D eigenvalue weighted by molar-refractivity contribution is -0.138. The molecule has 0 aromatic rings. The standard InChI is InChI=1S/C12H20N2O3/c1-4-5-13-12(17)14-8-10(6-9(2)3)7-11(15)16/h1,9-10H,5-8H2,2-3H3,(H,15,16)(H2,13,14,17)/t10-/m0/s1. The summed E-state index contributed by atoms with van der Waals surface area (Å²) < 4.78 is 0. The van der Waals surface area contributed by atoms with Crippen molar-refractivity contribution < 1.29 is 14.7 Å². The van der Waals surface area contributed by atoms with Gasteiger partial charge in [0.25, 0.3) is 0 Å². The summed E-state index contributed by atoms with van der Waals surface area (Å²) in [5.74, 6) is 1.79. The van der Waals surface area contributed by atoms with Crippen molar-refractivity contribution in [1.82, 2.24) is 10.6 Å². The van der Waals surface area contributed by atoms with Crippen molar-refractivity contribution in [3.8, 4) is 12.3 Å². The molecule has 0 heterocycles. The van der Waals surface area contributed by atoms with Crippen LogP contribution < -0.4 is 10.6 Å². The van der Waals surface area contributed by atoms with Gasteiger partial charge in [0.2, 0.25) is 0 Å². The average Bonchev–Trinajstić information content (AvgIpc) is 2.21. The van der Waals surface area contributed by atoms with Crippen LogP contribution in [0.1, 0.15) is 26.7 Å². The van der Waals surface area contributed by atoms with Crippen LogP contribution in [0, 0.1) is 24.2 Å². The highest BCUT2D eigenvalue weighted by molar-refractivity contribution is 5.74. The Balaban J connectivity index is 4.02. The molecule has 0 spiro atoms. The number of amides is 2. The topological polar surface area (TPSA) is 78.4 Å². The van der Waals surface area contributed by atoms with E-state index in [2.05, 4.69) is 16.6 Å². The quantitative estimate of drug-likeness (QED) is 0.582. The molecule has 0 unspecified atom stereocenters. The molecule has 0 aromatic carbocycles. The third kappa shape index (κ3) is 9.24. The minimum absolute atomic E-state index is 0.0518. The summed E-state index contributed by atoms with van der Waals surface area (Å²) in [6.07, 6.45) is 5.82. The Hall–Kier alpha value is -1.70. The highest BCUT2D eigenvalue weighted by Gasteiger charge is 2.15. The van der Waals surface area contributed by atoms with Crippen LogP contribution >= 0.6 is 0 Å². The third-order valence-corrected chi connectivity index (χ3v) is 2.17. The molecule has 0 aliphatic carbocycles. The van der Waals surface area contributed by atoms with E-state index in [0.717, 1.165) is 6.42 Å². The van der Waals surface area contributed by atoms with Crippen LogP contribution in [0.4, 0.5) is 4.79 Å². The van der Waals surface area contributed by atoms with Crippen LogP contribution in [0.15, 0.2) is 0 Å². The molecule has 5 heteroatoms. The lowest BCUT2D eigenvalue weighted by Crippen LogP contribution is -2.39. The molecule has 0 saturated heterocycles. The van der Waals surface area contributed by atoms with Gasteiger partial charge in [-0.1, -0.05) is 19.8 Å². The van der Waals surface area contributed by atoms with E-state index in [1.165, 1.54) is 0 Å². The summed E-state index contributed by atoms with van der Waals surface area (Å²) in [7, 11) is 0. The van der Waals surface area contributed by atoms with E-state index in [1.54, 1.807) is 0 Å². The van der Waals surface area contributed by atoms with Crippen molar-refractivity contribution in [1.29, 1.82) is 0 Å². The molecule has 0 aromatic heterocycles. The minimum atomic E-state index is -0.846. The van der Waals surface area contributed by atoms with Gasteiger partial charge in [-0.2, -0.15) is 0 Å². The number of carboxylic acid groups (broad SMARTS) is 1. The Bertz CT molecular complexity index is 295. The number of carbonyl (C=O) groups excluding carboxylic acids is 1. The Morgan fingerprint density at radius 1 is 1.35 bits per heavy atom. The highest BCUT2D eigenvalue weighted by atomic mass is 16.4. The van der Waals surface area contributed by atoms with Gasteiger partial charge in [0.15, 0.2) is 0 Å². The molecule has 5 nitrogen and oxygen atoms in total. The van der Waals surface area contributed by atoms with E-state index in [0.29, 0.717) is 12.5 Å². The highest BCUT2D eigenvalue weighted by Crippen LogP contribution is 2.14. The lowest BCUT2D eigenvalue weighted by Gasteiger charge is -2.17. The fraction of sp³-hybridized carbons (Fsp3) is 0.667. The molecule has 3 N–H and O–H groups in total. The number of hydrogen-bond donors (Lipinski definition) is 3. The summed E-state index contributed by atoms with van der Waals surface area (Å²) in [5, 5.41) is 13.8. The second-order valence-corrected chi connectivity index (χ2v) is 4.36. The summed E-state index contributed by atoms with van der Waals surface area (Å²) in [4.78, 5) is 21.9. The number of nitrogens with one attached hydrogen (secondary N) is 2. The van der Waals surface area contributed by atoms with Crippen LogP contribution in [0.3, 0.4) is 0 Å². The zero-order valence-electron chi connectivity index (χ0n) is 10.3. The maximum Gasteiger partial charge on any atom is 0.315 e. The minimum Gasteiger partial charge on any atom is -0.481 e. The molecule has 0 saturated carbocycles. The number of urea groups is 1. The summed E-state index contributed by atoms with van der Waals surface area (Å²) in [6.45, 7) is 4.56. The maximum absolute atomic E-state index is 11.2. The van der Waals surface area contributed by atoms with E-state index >= 15 is 0 Å². The van der Waals surface area contributed by atoms with Gasteiger partial charge in [0.05, 0.1) is 6.54 Å². The number of hydrogen-bond acceptors (Lipinski definition) is 2. The molecule has 2 amide bonds. The van der Waals surface area contributed by atoms with Crippen LogP contribution in [0.2, 0.25) is 0 Å². The largest absolute Gasteiger partial charge is 0.481 e. The van der Waals surface area contributed by atoms with Crippen LogP contribution in [0.25, 0.3) is 0 Å². The Morgan fingerprint density at radius 3 is 2.47 bits per heavy atom. The normalized spacial score (nSPS) is 11.6. The van der Waals surface area contributed by atoms with Crippen molar-refractivity contribution in [2.75, 3.05) is 13.1 Å². The Kier molecular flexibility index (Phi) is 7.61. The van der Waals surface area contributed by atoms with Crippen molar-refractivity contribution in [3.63, 3.8) is 0 Å². The summed E-state index contributed by atoms with van der Waals surface area (Å²) >= 11 is 0. The van der Waals surface area contributed by atoms with E-state index < -0.39 is 5.97 Å². The number of rotatable bonds is 7. The maximum atomic E-state index is 11.2. The molecular weight excluding hydrogens is 220 g/mol. The summed E-state index contributed by atoms with van der Waals surface area (Å²) in [6, 6.07) is -0.359. The second kappa shape index (κ2) is 8.45. The Labute approximate surface area is 102 Å². The van der Waals surface area contributed by atoms with Crippen LogP contribution in [-0.2, 0) is 4.79 Å². The molecule has 0 aliphatic rings. The van der Waals surface area contributed by atoms with Crippen molar-refractivity contribution in [2.45, 2.75) is 26.7 Å². The molecule has 1 atom stereocenters. The van der Waals surface area contributed by atoms with Gasteiger partial charge in [-0.25, -0.2) is 4.79 Å². The van der Waals surface area contributed by atoms with E-state index in [-0.39, 0.29) is 24.9 Å². The summed E-state index contributed by atoms with van der Waals surface area (Å²) in [5.41, 5.74) is 0. The van der Waals surface area contributed by atoms with Gasteiger partial charge < -0.3 is 15.7 Å². The van der Waals surface area contributed by atoms with Crippen molar-refractivity contribution in [2.24, 2.45) is 11.8 Å². The van der Waals surface area contributed by atoms with E-state index in [1.807, 2.05) is 13.8 Å². The zero-order chi connectivity index (χ0) is 13.3. The first kappa shape index (κ1) is 15.3. The first-order chi connectivity index (χ1) is 7.95. The van der Waals surface area contributed by atoms with Gasteiger partial charge in [-0.15, -0.1) is 6.42 Å². The predicted octanol–water partition coefficient (Wildman–Crippen LogP) is 1.06. The van der Waals surface area contributed by atoms with Crippen LogP contribution in [0.5, 0.6) is 0 Å². The molecule has 0 rings (SSSR count). The zero-order valence-corrected chi connectivity index (χ0v) is 10.3. The first-order valence-electron chi connectivity index (χ1n) is 5.62. The molecule has 17 heavy (non-hydrogen) atoms. The fourth-order valence-corrected chi connectivity index (χ4v) is 1.58. The van der Waals surface area contributed by atoms with Gasteiger partial charge in [0, 0.05) is 13.0 Å². The van der Waals surface area contributed by atoms with Crippen molar-refractivity contribution >= 4 is 12.0 Å². The number of carbonyl (C=O) groups is 2. The van der Waals surface area contributed by atoms with E-state index in [9.17, 15) is 9.59 Å². The van der Waals surface area contributed by atoms with Gasteiger partial charge >= 0.3 is 12.0 Å². The smallest absolute Gasteiger partial charge is 0.315 e. The van der Waals surface area contributed by atoms with E-state index in [4.69, 9.17) is 11.5 Å². The Morgan fingerprint density at radius 2 is 2.00 bits per heavy atom. The third-order valence-electron chi connectivity index (χ3n) is 2.17. The number of aliphatic carboxylic acids is 1. The fourth-order valence-electron chi connectivity index (χ4n) is 1.58. The molecule has 96 valence electrons. The number of carboxylic acids is 1. The molecule has 0 fully saturated rings. The molecule has 0 bridgehead atoms.